The van der Waals surface area contributed by atoms with Crippen molar-refractivity contribution in [3.05, 3.63) is 87.0 Å². The molecule has 4 heterocycles. The topological polar surface area (TPSA) is 103 Å². The van der Waals surface area contributed by atoms with Gasteiger partial charge in [0, 0.05) is 34.0 Å². The van der Waals surface area contributed by atoms with E-state index in [9.17, 15) is 19.1 Å². The lowest BCUT2D eigenvalue weighted by atomic mass is 9.98. The van der Waals surface area contributed by atoms with Crippen molar-refractivity contribution >= 4 is 28.8 Å². The summed E-state index contributed by atoms with van der Waals surface area (Å²) < 4.78 is 29.7. The van der Waals surface area contributed by atoms with Crippen LogP contribution in [0.1, 0.15) is 28.4 Å². The Labute approximate surface area is 208 Å². The number of hydrogen-bond acceptors (Lipinski definition) is 8. The summed E-state index contributed by atoms with van der Waals surface area (Å²) in [5.74, 6) is -1.24. The molecule has 0 spiro atoms. The van der Waals surface area contributed by atoms with Crippen LogP contribution in [0, 0.1) is 5.82 Å². The van der Waals surface area contributed by atoms with Crippen LogP contribution in [0.4, 0.5) is 4.39 Å². The number of rotatable bonds is 5. The molecule has 0 fully saturated rings. The van der Waals surface area contributed by atoms with Crippen molar-refractivity contribution in [3.8, 4) is 17.1 Å². The molecule has 2 aromatic heterocycles. The molecule has 6 rings (SSSR count). The molecule has 0 bridgehead atoms. The third kappa shape index (κ3) is 3.57. The molecular weight excluding hydrogens is 485 g/mol. The Hall–Kier alpha value is -3.73. The summed E-state index contributed by atoms with van der Waals surface area (Å²) in [7, 11) is 1.41. The molecule has 2 aliphatic rings. The number of ether oxygens (including phenoxy) is 2. The van der Waals surface area contributed by atoms with Crippen LogP contribution in [-0.2, 0) is 29.2 Å². The molecule has 0 amide bonds. The summed E-state index contributed by atoms with van der Waals surface area (Å²) in [6.45, 7) is 0.458. The summed E-state index contributed by atoms with van der Waals surface area (Å²) >= 11 is 1.46. The first-order valence-electron chi connectivity index (χ1n) is 11.2. The fourth-order valence-electron chi connectivity index (χ4n) is 4.75. The third-order valence-electron chi connectivity index (χ3n) is 6.53. The second-order valence-corrected chi connectivity index (χ2v) is 9.49. The molecule has 4 aromatic rings. The number of carbonyl (C=O) groups is 1. The van der Waals surface area contributed by atoms with Gasteiger partial charge in [0.05, 0.1) is 36.1 Å². The highest BCUT2D eigenvalue weighted by molar-refractivity contribution is 7.97. The van der Waals surface area contributed by atoms with Gasteiger partial charge in [-0.25, -0.2) is 14.2 Å². The first kappa shape index (κ1) is 22.7. The van der Waals surface area contributed by atoms with E-state index in [0.717, 1.165) is 16.0 Å². The lowest BCUT2D eigenvalue weighted by Crippen LogP contribution is -2.32. The van der Waals surface area contributed by atoms with Gasteiger partial charge < -0.3 is 19.1 Å². The van der Waals surface area contributed by atoms with Crippen LogP contribution >= 0.6 is 11.9 Å². The summed E-state index contributed by atoms with van der Waals surface area (Å²) in [6, 6.07) is 14.4. The second-order valence-electron chi connectivity index (χ2n) is 8.52. The number of pyridine rings is 2. The number of cyclic esters (lactones) is 1. The zero-order valence-corrected chi connectivity index (χ0v) is 19.9. The minimum atomic E-state index is -1.54. The molecule has 0 saturated heterocycles. The van der Waals surface area contributed by atoms with Crippen molar-refractivity contribution < 1.29 is 23.8 Å². The number of aromatic nitrogens is 2. The predicted octanol–water partition coefficient (Wildman–Crippen LogP) is 3.46. The number of aliphatic hydroxyl groups excluding tert-OH is 1. The third-order valence-corrected chi connectivity index (χ3v) is 7.33. The van der Waals surface area contributed by atoms with Gasteiger partial charge in [-0.05, 0) is 41.8 Å². The Morgan fingerprint density at radius 1 is 1.22 bits per heavy atom. The van der Waals surface area contributed by atoms with E-state index < -0.39 is 17.9 Å². The Morgan fingerprint density at radius 2 is 2.03 bits per heavy atom. The molecule has 1 atom stereocenters. The van der Waals surface area contributed by atoms with E-state index in [1.165, 1.54) is 25.1 Å². The van der Waals surface area contributed by atoms with Crippen LogP contribution in [-0.4, -0.2) is 27.7 Å². The Balaban J connectivity index is 1.51. The number of halogens is 1. The molecule has 0 radical (unpaired) electrons. The maximum atomic E-state index is 14.6. The second kappa shape index (κ2) is 8.74. The van der Waals surface area contributed by atoms with Gasteiger partial charge in [0.25, 0.3) is 5.56 Å². The molecular formula is C26H20FN3O5S. The van der Waals surface area contributed by atoms with Gasteiger partial charge >= 0.3 is 5.97 Å². The lowest BCUT2D eigenvalue weighted by molar-refractivity contribution is -0.157. The summed E-state index contributed by atoms with van der Waals surface area (Å²) in [5.41, 5.74) is 3.17. The van der Waals surface area contributed by atoms with E-state index in [2.05, 4.69) is 4.72 Å². The average molecular weight is 506 g/mol. The maximum absolute atomic E-state index is 14.6. The number of carbonyl (C=O) groups excluding carboxylic acids is 1. The molecule has 2 aromatic carbocycles. The molecule has 2 aliphatic heterocycles. The fraction of sp³-hybridized carbons (Fsp3) is 0.192. The van der Waals surface area contributed by atoms with Gasteiger partial charge in [-0.3, -0.25) is 9.52 Å². The number of nitrogens with zero attached hydrogens (tertiary/aromatic N) is 2. The van der Waals surface area contributed by atoms with Crippen LogP contribution in [0.2, 0.25) is 0 Å². The number of fused-ring (bicyclic) bond motifs is 5. The molecule has 0 aliphatic carbocycles. The quantitative estimate of drug-likeness (QED) is 0.277. The smallest absolute Gasteiger partial charge is 0.340 e. The van der Waals surface area contributed by atoms with Gasteiger partial charge in [0.2, 0.25) is 0 Å². The van der Waals surface area contributed by atoms with Crippen LogP contribution in [0.3, 0.4) is 0 Å². The van der Waals surface area contributed by atoms with Gasteiger partial charge in [-0.15, -0.1) is 0 Å². The standard InChI is InChI=1S/C26H20FN3O5S/c1-34-22-8-14-16(10-28-36-13-5-3-2-4-6-13)17-11-30-21(23(17)29-20(14)9-19(22)27)7-15-18(25(30)32)12-35-26(33)24(15)31/h2-9,24,28,31H,10-12H2,1H3. The van der Waals surface area contributed by atoms with Crippen LogP contribution < -0.4 is 15.0 Å². The van der Waals surface area contributed by atoms with Crippen molar-refractivity contribution in [1.29, 1.82) is 0 Å². The summed E-state index contributed by atoms with van der Waals surface area (Å²) in [6.07, 6.45) is -1.54. The van der Waals surface area contributed by atoms with Crippen molar-refractivity contribution in [1.82, 2.24) is 14.3 Å². The van der Waals surface area contributed by atoms with E-state index in [4.69, 9.17) is 14.5 Å². The Morgan fingerprint density at radius 3 is 2.81 bits per heavy atom. The molecule has 0 saturated carbocycles. The molecule has 182 valence electrons. The monoisotopic (exact) mass is 505 g/mol. The highest BCUT2D eigenvalue weighted by atomic mass is 32.2. The number of nitrogens with one attached hydrogen (secondary N) is 1. The highest BCUT2D eigenvalue weighted by Crippen LogP contribution is 2.39. The minimum Gasteiger partial charge on any atom is -0.494 e. The predicted molar refractivity (Wildman–Crippen MR) is 131 cm³/mol. The van der Waals surface area contributed by atoms with Crippen LogP contribution in [0.5, 0.6) is 5.75 Å². The molecule has 8 nitrogen and oxygen atoms in total. The van der Waals surface area contributed by atoms with E-state index in [-0.39, 0.29) is 35.6 Å². The number of benzene rings is 2. The molecule has 1 unspecified atom stereocenters. The van der Waals surface area contributed by atoms with Gasteiger partial charge in [0.1, 0.15) is 6.61 Å². The summed E-state index contributed by atoms with van der Waals surface area (Å²) in [5, 5.41) is 11.1. The van der Waals surface area contributed by atoms with Crippen molar-refractivity contribution in [2.45, 2.75) is 30.7 Å². The largest absolute Gasteiger partial charge is 0.494 e. The summed E-state index contributed by atoms with van der Waals surface area (Å²) in [4.78, 5) is 31.0. The average Bonchev–Trinajstić information content (AvgIpc) is 3.25. The zero-order chi connectivity index (χ0) is 25.0. The van der Waals surface area contributed by atoms with Gasteiger partial charge in [0.15, 0.2) is 17.7 Å². The van der Waals surface area contributed by atoms with Crippen molar-refractivity contribution in [2.24, 2.45) is 0 Å². The lowest BCUT2D eigenvalue weighted by Gasteiger charge is -2.21. The van der Waals surface area contributed by atoms with Crippen LogP contribution in [0.15, 0.2) is 58.2 Å². The van der Waals surface area contributed by atoms with Crippen molar-refractivity contribution in [2.75, 3.05) is 7.11 Å². The van der Waals surface area contributed by atoms with Crippen LogP contribution in [0.25, 0.3) is 22.3 Å². The minimum absolute atomic E-state index is 0.100. The number of aliphatic hydroxyl groups is 1. The normalized spacial score (nSPS) is 15.9. The van der Waals surface area contributed by atoms with E-state index >= 15 is 0 Å². The van der Waals surface area contributed by atoms with Crippen molar-refractivity contribution in [3.63, 3.8) is 0 Å². The molecule has 2 N–H and O–H groups in total. The van der Waals surface area contributed by atoms with Gasteiger partial charge in [-0.2, -0.15) is 0 Å². The fourth-order valence-corrected chi connectivity index (χ4v) is 5.43. The van der Waals surface area contributed by atoms with E-state index in [1.807, 2.05) is 30.3 Å². The zero-order valence-electron chi connectivity index (χ0n) is 19.1. The number of hydrogen-bond donors (Lipinski definition) is 2. The molecule has 36 heavy (non-hydrogen) atoms. The molecule has 10 heteroatoms. The first-order valence-corrected chi connectivity index (χ1v) is 12.0. The maximum Gasteiger partial charge on any atom is 0.340 e. The first-order chi connectivity index (χ1) is 17.5. The SMILES string of the molecule is COc1cc2c(CNSc3ccccc3)c3c(nc2cc1F)-c1cc2c(c(=O)n1C3)COC(=O)C2O. The van der Waals surface area contributed by atoms with Gasteiger partial charge in [-0.1, -0.05) is 18.2 Å². The number of methoxy groups -OCH3 is 1. The van der Waals surface area contributed by atoms with E-state index in [0.29, 0.717) is 28.8 Å². The number of esters is 1. The Kier molecular flexibility index (Phi) is 5.51. The van der Waals surface area contributed by atoms with E-state index in [1.54, 1.807) is 16.7 Å². The Bertz CT molecular complexity index is 1610. The highest BCUT2D eigenvalue weighted by Gasteiger charge is 2.34.